The minimum absolute atomic E-state index is 0.180. The van der Waals surface area contributed by atoms with Crippen LogP contribution in [0.3, 0.4) is 0 Å². The van der Waals surface area contributed by atoms with Crippen LogP contribution in [0.4, 0.5) is 0 Å². The molecule has 1 aromatic rings. The van der Waals surface area contributed by atoms with Gasteiger partial charge in [-0.2, -0.15) is 5.10 Å². The second-order valence-electron chi connectivity index (χ2n) is 6.50. The third kappa shape index (κ3) is 3.12. The summed E-state index contributed by atoms with van der Waals surface area (Å²) in [6.07, 6.45) is 9.11. The highest BCUT2D eigenvalue weighted by molar-refractivity contribution is 5.79. The van der Waals surface area contributed by atoms with E-state index >= 15 is 0 Å². The Balaban J connectivity index is 1.54. The van der Waals surface area contributed by atoms with E-state index in [1.165, 1.54) is 5.56 Å². The number of hydrogen-bond donors (Lipinski definition) is 1. The number of hydrogen-bond acceptors (Lipinski definition) is 3. The van der Waals surface area contributed by atoms with Gasteiger partial charge < -0.3 is 10.6 Å². The molecule has 1 saturated carbocycles. The molecule has 2 N–H and O–H groups in total. The van der Waals surface area contributed by atoms with E-state index in [1.807, 2.05) is 10.9 Å². The summed E-state index contributed by atoms with van der Waals surface area (Å²) in [6.45, 7) is 4.78. The fraction of sp³-hybridized carbons (Fsp3) is 0.750. The summed E-state index contributed by atoms with van der Waals surface area (Å²) in [5.74, 6) is 1.07. The topological polar surface area (TPSA) is 64.2 Å². The zero-order chi connectivity index (χ0) is 14.8. The van der Waals surface area contributed by atoms with Crippen molar-refractivity contribution in [2.45, 2.75) is 57.5 Å². The largest absolute Gasteiger partial charge is 0.342 e. The Kier molecular flexibility index (Phi) is 4.29. The highest BCUT2D eigenvalue weighted by atomic mass is 16.2. The fourth-order valence-electron chi connectivity index (χ4n) is 3.70. The number of rotatable bonds is 3. The normalized spacial score (nSPS) is 27.2. The molecular formula is C16H26N4O. The van der Waals surface area contributed by atoms with Gasteiger partial charge in [0.2, 0.25) is 5.91 Å². The number of aromatic nitrogens is 2. The van der Waals surface area contributed by atoms with Crippen molar-refractivity contribution in [2.24, 2.45) is 11.7 Å². The molecule has 0 aromatic carbocycles. The van der Waals surface area contributed by atoms with Gasteiger partial charge in [-0.1, -0.05) is 0 Å². The van der Waals surface area contributed by atoms with Crippen LogP contribution in [-0.2, 0) is 11.3 Å². The minimum atomic E-state index is 0.180. The highest BCUT2D eigenvalue weighted by Gasteiger charge is 2.33. The smallest absolute Gasteiger partial charge is 0.225 e. The van der Waals surface area contributed by atoms with E-state index in [2.05, 4.69) is 23.1 Å². The third-order valence-electron chi connectivity index (χ3n) is 5.08. The summed E-state index contributed by atoms with van der Waals surface area (Å²) in [4.78, 5) is 14.6. The molecule has 2 fully saturated rings. The van der Waals surface area contributed by atoms with Gasteiger partial charge in [0.25, 0.3) is 0 Å². The number of amides is 1. The summed E-state index contributed by atoms with van der Waals surface area (Å²) in [5.41, 5.74) is 7.25. The molecule has 2 aliphatic rings. The van der Waals surface area contributed by atoms with Crippen molar-refractivity contribution >= 4 is 5.91 Å². The van der Waals surface area contributed by atoms with Crippen molar-refractivity contribution in [3.05, 3.63) is 18.0 Å². The molecule has 1 amide bonds. The third-order valence-corrected chi connectivity index (χ3v) is 5.08. The fourth-order valence-corrected chi connectivity index (χ4v) is 3.70. The standard InChI is InChI=1S/C16H26N4O/c1-2-20-11-14(10-18-20)12-5-7-19(8-6-12)16(21)13-3-4-15(17)9-13/h10-13,15H,2-9,17H2,1H3. The van der Waals surface area contributed by atoms with E-state index in [0.29, 0.717) is 11.8 Å². The lowest BCUT2D eigenvalue weighted by molar-refractivity contribution is -0.136. The molecular weight excluding hydrogens is 264 g/mol. The summed E-state index contributed by atoms with van der Waals surface area (Å²) in [7, 11) is 0. The van der Waals surface area contributed by atoms with Gasteiger partial charge >= 0.3 is 0 Å². The summed E-state index contributed by atoms with van der Waals surface area (Å²) < 4.78 is 1.98. The maximum Gasteiger partial charge on any atom is 0.225 e. The molecule has 0 radical (unpaired) electrons. The Hall–Kier alpha value is -1.36. The maximum atomic E-state index is 12.5. The van der Waals surface area contributed by atoms with Crippen molar-refractivity contribution in [1.29, 1.82) is 0 Å². The Morgan fingerprint density at radius 1 is 1.33 bits per heavy atom. The van der Waals surface area contributed by atoms with Crippen LogP contribution < -0.4 is 5.73 Å². The molecule has 1 aliphatic heterocycles. The molecule has 2 unspecified atom stereocenters. The molecule has 21 heavy (non-hydrogen) atoms. The van der Waals surface area contributed by atoms with E-state index < -0.39 is 0 Å². The molecule has 2 atom stereocenters. The van der Waals surface area contributed by atoms with Crippen molar-refractivity contribution in [3.63, 3.8) is 0 Å². The van der Waals surface area contributed by atoms with Gasteiger partial charge in [-0.15, -0.1) is 0 Å². The number of nitrogens with two attached hydrogens (primary N) is 1. The first-order valence-corrected chi connectivity index (χ1v) is 8.24. The highest BCUT2D eigenvalue weighted by Crippen LogP contribution is 2.31. The van der Waals surface area contributed by atoms with Crippen LogP contribution in [0.2, 0.25) is 0 Å². The molecule has 5 heteroatoms. The van der Waals surface area contributed by atoms with Crippen LogP contribution in [-0.4, -0.2) is 39.7 Å². The average Bonchev–Trinajstić information content (AvgIpc) is 3.15. The first-order valence-electron chi connectivity index (χ1n) is 8.24. The Labute approximate surface area is 126 Å². The van der Waals surface area contributed by atoms with Crippen LogP contribution in [0.15, 0.2) is 12.4 Å². The monoisotopic (exact) mass is 290 g/mol. The molecule has 1 aliphatic carbocycles. The Bertz CT molecular complexity index is 490. The van der Waals surface area contributed by atoms with Crippen LogP contribution in [0, 0.1) is 5.92 Å². The Morgan fingerprint density at radius 2 is 2.10 bits per heavy atom. The predicted octanol–water partition coefficient (Wildman–Crippen LogP) is 1.74. The second kappa shape index (κ2) is 6.18. The van der Waals surface area contributed by atoms with E-state index in [9.17, 15) is 4.79 Å². The summed E-state index contributed by atoms with van der Waals surface area (Å²) in [5, 5.41) is 4.36. The number of carbonyl (C=O) groups is 1. The summed E-state index contributed by atoms with van der Waals surface area (Å²) >= 11 is 0. The molecule has 2 heterocycles. The maximum absolute atomic E-state index is 12.5. The SMILES string of the molecule is CCn1cc(C2CCN(C(=O)C3CCC(N)C3)CC2)cn1. The van der Waals surface area contributed by atoms with Crippen molar-refractivity contribution in [1.82, 2.24) is 14.7 Å². The van der Waals surface area contributed by atoms with E-state index in [0.717, 1.165) is 51.7 Å². The molecule has 0 bridgehead atoms. The average molecular weight is 290 g/mol. The van der Waals surface area contributed by atoms with Gasteiger partial charge in [0, 0.05) is 37.8 Å². The lowest BCUT2D eigenvalue weighted by Gasteiger charge is -2.33. The van der Waals surface area contributed by atoms with Gasteiger partial charge in [-0.05, 0) is 50.5 Å². The molecule has 5 nitrogen and oxygen atoms in total. The number of likely N-dealkylation sites (tertiary alicyclic amines) is 1. The van der Waals surface area contributed by atoms with Gasteiger partial charge in [0.05, 0.1) is 6.20 Å². The lowest BCUT2D eigenvalue weighted by atomic mass is 9.91. The zero-order valence-electron chi connectivity index (χ0n) is 12.9. The number of nitrogens with zero attached hydrogens (tertiary/aromatic N) is 3. The molecule has 0 spiro atoms. The molecule has 1 aromatic heterocycles. The number of piperidine rings is 1. The van der Waals surface area contributed by atoms with Gasteiger partial charge in [-0.3, -0.25) is 9.48 Å². The van der Waals surface area contributed by atoms with Gasteiger partial charge in [0.1, 0.15) is 0 Å². The van der Waals surface area contributed by atoms with Crippen molar-refractivity contribution < 1.29 is 4.79 Å². The first kappa shape index (κ1) is 14.6. The first-order chi connectivity index (χ1) is 10.2. The van der Waals surface area contributed by atoms with Crippen molar-refractivity contribution in [2.75, 3.05) is 13.1 Å². The lowest BCUT2D eigenvalue weighted by Crippen LogP contribution is -2.41. The van der Waals surface area contributed by atoms with E-state index in [1.54, 1.807) is 0 Å². The van der Waals surface area contributed by atoms with Crippen LogP contribution in [0.5, 0.6) is 0 Å². The quantitative estimate of drug-likeness (QED) is 0.922. The molecule has 1 saturated heterocycles. The number of carbonyl (C=O) groups excluding carboxylic acids is 1. The van der Waals surface area contributed by atoms with Gasteiger partial charge in [0.15, 0.2) is 0 Å². The van der Waals surface area contributed by atoms with E-state index in [4.69, 9.17) is 5.73 Å². The summed E-state index contributed by atoms with van der Waals surface area (Å²) in [6, 6.07) is 0.233. The molecule has 3 rings (SSSR count). The predicted molar refractivity (Wildman–Crippen MR) is 81.8 cm³/mol. The van der Waals surface area contributed by atoms with Crippen LogP contribution >= 0.6 is 0 Å². The van der Waals surface area contributed by atoms with Gasteiger partial charge in [-0.25, -0.2) is 0 Å². The minimum Gasteiger partial charge on any atom is -0.342 e. The van der Waals surface area contributed by atoms with Crippen LogP contribution in [0.25, 0.3) is 0 Å². The van der Waals surface area contributed by atoms with Crippen LogP contribution in [0.1, 0.15) is 50.5 Å². The number of aryl methyl sites for hydroxylation is 1. The molecule has 116 valence electrons. The van der Waals surface area contributed by atoms with E-state index in [-0.39, 0.29) is 12.0 Å². The zero-order valence-corrected chi connectivity index (χ0v) is 12.9. The van der Waals surface area contributed by atoms with Crippen molar-refractivity contribution in [3.8, 4) is 0 Å². The second-order valence-corrected chi connectivity index (χ2v) is 6.50. The Morgan fingerprint density at radius 3 is 2.67 bits per heavy atom.